The lowest BCUT2D eigenvalue weighted by Crippen LogP contribution is -2.15. The second kappa shape index (κ2) is 8.89. The SMILES string of the molecule is Cc1nn(-c2ccccc2)c(C)c1CC(=O)Nc1nnc(SCc2cccs2)s1. The Labute approximate surface area is 181 Å². The van der Waals surface area contributed by atoms with Crippen molar-refractivity contribution in [1.82, 2.24) is 20.0 Å². The van der Waals surface area contributed by atoms with Crippen LogP contribution >= 0.6 is 34.4 Å². The molecule has 1 N–H and O–H groups in total. The number of hydrogen-bond acceptors (Lipinski definition) is 7. The smallest absolute Gasteiger partial charge is 0.230 e. The summed E-state index contributed by atoms with van der Waals surface area (Å²) >= 11 is 4.75. The Bertz CT molecular complexity index is 1100. The van der Waals surface area contributed by atoms with E-state index in [0.717, 1.165) is 32.7 Å². The van der Waals surface area contributed by atoms with E-state index in [0.29, 0.717) is 5.13 Å². The second-order valence-corrected chi connectivity index (χ2v) is 9.60. The normalized spacial score (nSPS) is 11.0. The standard InChI is InChI=1S/C20H19N5OS3/c1-13-17(14(2)25(24-13)15-7-4-3-5-8-15)11-18(26)21-19-22-23-20(29-19)28-12-16-9-6-10-27-16/h3-10H,11-12H2,1-2H3,(H,21,22,26). The molecule has 0 aliphatic heterocycles. The summed E-state index contributed by atoms with van der Waals surface area (Å²) in [5.74, 6) is 0.742. The molecule has 1 amide bonds. The number of rotatable bonds is 7. The number of thioether (sulfide) groups is 1. The molecule has 6 nitrogen and oxygen atoms in total. The molecule has 4 aromatic rings. The van der Waals surface area contributed by atoms with Gasteiger partial charge in [-0.15, -0.1) is 21.5 Å². The van der Waals surface area contributed by atoms with Gasteiger partial charge in [-0.2, -0.15) is 5.10 Å². The molecule has 0 saturated carbocycles. The molecular formula is C20H19N5OS3. The zero-order valence-corrected chi connectivity index (χ0v) is 18.4. The first-order valence-electron chi connectivity index (χ1n) is 8.99. The first kappa shape index (κ1) is 19.8. The lowest BCUT2D eigenvalue weighted by molar-refractivity contribution is -0.115. The van der Waals surface area contributed by atoms with E-state index in [1.54, 1.807) is 23.1 Å². The monoisotopic (exact) mass is 441 g/mol. The Balaban J connectivity index is 1.39. The largest absolute Gasteiger partial charge is 0.300 e. The third kappa shape index (κ3) is 4.75. The maximum Gasteiger partial charge on any atom is 0.230 e. The Morgan fingerprint density at radius 3 is 2.72 bits per heavy atom. The van der Waals surface area contributed by atoms with E-state index in [9.17, 15) is 4.79 Å². The van der Waals surface area contributed by atoms with Gasteiger partial charge >= 0.3 is 0 Å². The van der Waals surface area contributed by atoms with E-state index in [2.05, 4.69) is 32.1 Å². The van der Waals surface area contributed by atoms with E-state index in [1.807, 2.05) is 54.9 Å². The summed E-state index contributed by atoms with van der Waals surface area (Å²) in [7, 11) is 0. The van der Waals surface area contributed by atoms with Gasteiger partial charge in [0.05, 0.1) is 17.8 Å². The number of thiophene rings is 1. The molecule has 0 bridgehead atoms. The molecule has 1 aromatic carbocycles. The second-order valence-electron chi connectivity index (χ2n) is 6.36. The van der Waals surface area contributed by atoms with E-state index in [4.69, 9.17) is 0 Å². The average molecular weight is 442 g/mol. The number of hydrogen-bond donors (Lipinski definition) is 1. The van der Waals surface area contributed by atoms with E-state index in [1.165, 1.54) is 16.2 Å². The third-order valence-electron chi connectivity index (χ3n) is 4.35. The van der Waals surface area contributed by atoms with Crippen molar-refractivity contribution in [3.8, 4) is 5.69 Å². The van der Waals surface area contributed by atoms with Gasteiger partial charge in [0.25, 0.3) is 0 Å². The van der Waals surface area contributed by atoms with Crippen LogP contribution in [0.25, 0.3) is 5.69 Å². The number of carbonyl (C=O) groups excluding carboxylic acids is 1. The topological polar surface area (TPSA) is 72.7 Å². The zero-order valence-electron chi connectivity index (χ0n) is 16.0. The van der Waals surface area contributed by atoms with Gasteiger partial charge in [0.1, 0.15) is 0 Å². The van der Waals surface area contributed by atoms with Crippen molar-refractivity contribution >= 4 is 45.5 Å². The highest BCUT2D eigenvalue weighted by atomic mass is 32.2. The highest BCUT2D eigenvalue weighted by Gasteiger charge is 2.17. The van der Waals surface area contributed by atoms with Crippen LogP contribution in [0.1, 0.15) is 21.8 Å². The molecule has 0 atom stereocenters. The van der Waals surface area contributed by atoms with Gasteiger partial charge < -0.3 is 5.32 Å². The molecular weight excluding hydrogens is 422 g/mol. The average Bonchev–Trinajstić information content (AvgIpc) is 3.45. The van der Waals surface area contributed by atoms with Crippen LogP contribution in [0.2, 0.25) is 0 Å². The Kier molecular flexibility index (Phi) is 6.08. The lowest BCUT2D eigenvalue weighted by Gasteiger charge is -2.05. The number of amides is 1. The summed E-state index contributed by atoms with van der Waals surface area (Å²) in [4.78, 5) is 13.9. The number of anilines is 1. The molecule has 3 aromatic heterocycles. The van der Waals surface area contributed by atoms with Crippen molar-refractivity contribution in [1.29, 1.82) is 0 Å². The molecule has 0 fully saturated rings. The summed E-state index contributed by atoms with van der Waals surface area (Å²) < 4.78 is 2.72. The summed E-state index contributed by atoms with van der Waals surface area (Å²) in [6.07, 6.45) is 0.252. The fourth-order valence-corrected chi connectivity index (χ4v) is 5.46. The summed E-state index contributed by atoms with van der Waals surface area (Å²) in [6, 6.07) is 14.1. The molecule has 0 aliphatic rings. The van der Waals surface area contributed by atoms with Crippen LogP contribution in [0.4, 0.5) is 5.13 Å². The van der Waals surface area contributed by atoms with Crippen molar-refractivity contribution < 1.29 is 4.79 Å². The summed E-state index contributed by atoms with van der Waals surface area (Å²) in [5.41, 5.74) is 3.73. The molecule has 0 saturated heterocycles. The highest BCUT2D eigenvalue weighted by Crippen LogP contribution is 2.29. The number of aromatic nitrogens is 4. The van der Waals surface area contributed by atoms with Crippen LogP contribution in [-0.2, 0) is 17.0 Å². The predicted octanol–water partition coefficient (Wildman–Crippen LogP) is 4.88. The fourth-order valence-electron chi connectivity index (χ4n) is 2.92. The van der Waals surface area contributed by atoms with Gasteiger partial charge in [-0.25, -0.2) is 4.68 Å². The van der Waals surface area contributed by atoms with E-state index < -0.39 is 0 Å². The molecule has 0 unspecified atom stereocenters. The van der Waals surface area contributed by atoms with Crippen LogP contribution < -0.4 is 5.32 Å². The molecule has 0 aliphatic carbocycles. The van der Waals surface area contributed by atoms with E-state index in [-0.39, 0.29) is 12.3 Å². The minimum Gasteiger partial charge on any atom is -0.300 e. The van der Waals surface area contributed by atoms with Crippen LogP contribution in [0.15, 0.2) is 52.2 Å². The molecule has 4 rings (SSSR count). The summed E-state index contributed by atoms with van der Waals surface area (Å²) in [5, 5.41) is 18.3. The molecule has 3 heterocycles. The number of aryl methyl sites for hydroxylation is 1. The van der Waals surface area contributed by atoms with Gasteiger partial charge in [-0.1, -0.05) is 47.4 Å². The number of para-hydroxylation sites is 1. The molecule has 0 radical (unpaired) electrons. The Morgan fingerprint density at radius 1 is 1.14 bits per heavy atom. The van der Waals surface area contributed by atoms with Crippen LogP contribution in [-0.4, -0.2) is 25.9 Å². The van der Waals surface area contributed by atoms with Gasteiger partial charge in [0.15, 0.2) is 4.34 Å². The third-order valence-corrected chi connectivity index (χ3v) is 7.43. The number of nitrogens with one attached hydrogen (secondary N) is 1. The van der Waals surface area contributed by atoms with Crippen LogP contribution in [0.3, 0.4) is 0 Å². The molecule has 29 heavy (non-hydrogen) atoms. The minimum absolute atomic E-state index is 0.116. The number of carbonyl (C=O) groups is 1. The minimum atomic E-state index is -0.116. The molecule has 0 spiro atoms. The number of benzene rings is 1. The molecule has 9 heteroatoms. The highest BCUT2D eigenvalue weighted by molar-refractivity contribution is 8.00. The lowest BCUT2D eigenvalue weighted by atomic mass is 10.1. The number of nitrogens with zero attached hydrogens (tertiary/aromatic N) is 4. The summed E-state index contributed by atoms with van der Waals surface area (Å²) in [6.45, 7) is 3.92. The van der Waals surface area contributed by atoms with Gasteiger partial charge in [0, 0.05) is 21.9 Å². The predicted molar refractivity (Wildman–Crippen MR) is 119 cm³/mol. The van der Waals surface area contributed by atoms with Crippen molar-refractivity contribution in [3.05, 3.63) is 69.7 Å². The van der Waals surface area contributed by atoms with Gasteiger partial charge in [-0.3, -0.25) is 4.79 Å². The molecule has 148 valence electrons. The van der Waals surface area contributed by atoms with Gasteiger partial charge in [-0.05, 0) is 37.4 Å². The van der Waals surface area contributed by atoms with Crippen LogP contribution in [0.5, 0.6) is 0 Å². The maximum absolute atomic E-state index is 12.6. The first-order chi connectivity index (χ1) is 14.1. The quantitative estimate of drug-likeness (QED) is 0.327. The zero-order chi connectivity index (χ0) is 20.2. The first-order valence-corrected chi connectivity index (χ1v) is 11.7. The van der Waals surface area contributed by atoms with E-state index >= 15 is 0 Å². The fraction of sp³-hybridized carbons (Fsp3) is 0.200. The van der Waals surface area contributed by atoms with Gasteiger partial charge in [0.2, 0.25) is 11.0 Å². The van der Waals surface area contributed by atoms with Crippen molar-refractivity contribution in [2.24, 2.45) is 0 Å². The van der Waals surface area contributed by atoms with Crippen molar-refractivity contribution in [2.75, 3.05) is 5.32 Å². The maximum atomic E-state index is 12.6. The van der Waals surface area contributed by atoms with Crippen molar-refractivity contribution in [2.45, 2.75) is 30.4 Å². The van der Waals surface area contributed by atoms with Crippen molar-refractivity contribution in [3.63, 3.8) is 0 Å². The Hall–Kier alpha value is -2.49. The van der Waals surface area contributed by atoms with Crippen LogP contribution in [0, 0.1) is 13.8 Å². The Morgan fingerprint density at radius 2 is 1.97 bits per heavy atom.